The van der Waals surface area contributed by atoms with Crippen LogP contribution in [0, 0.1) is 18.6 Å². The summed E-state index contributed by atoms with van der Waals surface area (Å²) in [5, 5.41) is 19.7. The number of aromatic nitrogens is 3. The molecule has 0 aliphatic carbocycles. The molecule has 1 atom stereocenters. The summed E-state index contributed by atoms with van der Waals surface area (Å²) in [6.07, 6.45) is 3.41. The number of halogens is 2. The Morgan fingerprint density at radius 3 is 2.41 bits per heavy atom. The molecule has 0 amide bonds. The zero-order valence-electron chi connectivity index (χ0n) is 15.6. The number of hydrogen-bond donors (Lipinski definition) is 2. The van der Waals surface area contributed by atoms with Crippen molar-refractivity contribution in [3.05, 3.63) is 77.2 Å². The molecule has 0 spiro atoms. The minimum Gasteiger partial charge on any atom is -0.508 e. The Kier molecular flexibility index (Phi) is 4.87. The van der Waals surface area contributed by atoms with Crippen LogP contribution in [0.3, 0.4) is 0 Å². The van der Waals surface area contributed by atoms with Gasteiger partial charge in [-0.25, -0.2) is 18.7 Å². The molecule has 2 heterocycles. The van der Waals surface area contributed by atoms with E-state index in [1.165, 1.54) is 28.3 Å². The lowest BCUT2D eigenvalue weighted by molar-refractivity contribution is 0.441. The van der Waals surface area contributed by atoms with E-state index in [4.69, 9.17) is 0 Å². The van der Waals surface area contributed by atoms with Gasteiger partial charge in [-0.2, -0.15) is 11.8 Å². The molecular weight excluding hydrogens is 396 g/mol. The van der Waals surface area contributed by atoms with Crippen molar-refractivity contribution in [1.29, 1.82) is 0 Å². The summed E-state index contributed by atoms with van der Waals surface area (Å²) in [7, 11) is 0. The fourth-order valence-corrected chi connectivity index (χ4v) is 4.07. The monoisotopic (exact) mass is 413 g/mol. The lowest BCUT2D eigenvalue weighted by Crippen LogP contribution is -2.01. The van der Waals surface area contributed by atoms with E-state index in [-0.39, 0.29) is 22.9 Å². The van der Waals surface area contributed by atoms with Gasteiger partial charge in [-0.15, -0.1) is 0 Å². The fourth-order valence-electron chi connectivity index (χ4n) is 3.25. The van der Waals surface area contributed by atoms with Crippen LogP contribution in [0.15, 0.2) is 48.7 Å². The predicted molar refractivity (Wildman–Crippen MR) is 108 cm³/mol. The van der Waals surface area contributed by atoms with E-state index in [0.29, 0.717) is 17.0 Å². The van der Waals surface area contributed by atoms with Crippen molar-refractivity contribution >= 4 is 17.4 Å². The minimum absolute atomic E-state index is 0.131. The summed E-state index contributed by atoms with van der Waals surface area (Å²) in [5.41, 5.74) is 2.88. The lowest BCUT2D eigenvalue weighted by atomic mass is 10.1. The van der Waals surface area contributed by atoms with Crippen LogP contribution in [0.2, 0.25) is 0 Å². The van der Waals surface area contributed by atoms with Gasteiger partial charge in [-0.3, -0.25) is 4.40 Å². The molecule has 4 rings (SSSR count). The highest BCUT2D eigenvalue weighted by Crippen LogP contribution is 2.40. The van der Waals surface area contributed by atoms with Gasteiger partial charge in [0.2, 0.25) is 5.88 Å². The molecule has 0 fully saturated rings. The van der Waals surface area contributed by atoms with Gasteiger partial charge in [0.1, 0.15) is 23.1 Å². The smallest absolute Gasteiger partial charge is 0.220 e. The first-order chi connectivity index (χ1) is 13.9. The van der Waals surface area contributed by atoms with Crippen LogP contribution in [0.25, 0.3) is 16.9 Å². The molecule has 0 radical (unpaired) electrons. The number of hydrogen-bond acceptors (Lipinski definition) is 5. The topological polar surface area (TPSA) is 70.7 Å². The molecule has 0 saturated carbocycles. The van der Waals surface area contributed by atoms with Gasteiger partial charge in [0.05, 0.1) is 16.6 Å². The number of fused-ring (bicyclic) bond motifs is 1. The van der Waals surface area contributed by atoms with Gasteiger partial charge in [0, 0.05) is 23.4 Å². The first-order valence-electron chi connectivity index (χ1n) is 8.74. The van der Waals surface area contributed by atoms with E-state index < -0.39 is 16.9 Å². The highest BCUT2D eigenvalue weighted by Gasteiger charge is 2.26. The second-order valence-corrected chi connectivity index (χ2v) is 7.50. The van der Waals surface area contributed by atoms with Gasteiger partial charge in [0.25, 0.3) is 0 Å². The summed E-state index contributed by atoms with van der Waals surface area (Å²) in [5.74, 6) is -1.35. The summed E-state index contributed by atoms with van der Waals surface area (Å²) in [6.45, 7) is 1.77. The third-order valence-electron chi connectivity index (χ3n) is 4.67. The number of thioether (sulfide) groups is 1. The molecule has 0 unspecified atom stereocenters. The van der Waals surface area contributed by atoms with Crippen LogP contribution in [-0.4, -0.2) is 30.8 Å². The van der Waals surface area contributed by atoms with E-state index in [1.54, 1.807) is 43.6 Å². The Bertz CT molecular complexity index is 1210. The number of imidazole rings is 1. The summed E-state index contributed by atoms with van der Waals surface area (Å²) >= 11 is 1.29. The molecule has 2 aromatic heterocycles. The number of phenolic OH excluding ortho intramolecular Hbond substituents is 1. The van der Waals surface area contributed by atoms with Gasteiger partial charge in [0.15, 0.2) is 5.65 Å². The number of aromatic hydroxyl groups is 2. The average Bonchev–Trinajstić information content (AvgIpc) is 3.02. The third kappa shape index (κ3) is 3.40. The number of benzene rings is 2. The Morgan fingerprint density at radius 1 is 1.03 bits per heavy atom. The molecule has 2 N–H and O–H groups in total. The number of aryl methyl sites for hydroxylation is 1. The maximum atomic E-state index is 14.4. The number of phenols is 1. The van der Waals surface area contributed by atoms with Gasteiger partial charge >= 0.3 is 0 Å². The van der Waals surface area contributed by atoms with Crippen molar-refractivity contribution in [1.82, 2.24) is 14.4 Å². The van der Waals surface area contributed by atoms with Crippen molar-refractivity contribution < 1.29 is 19.0 Å². The molecule has 0 aliphatic rings. The molecule has 5 nitrogen and oxygen atoms in total. The van der Waals surface area contributed by atoms with Crippen molar-refractivity contribution in [3.8, 4) is 22.9 Å². The molecule has 148 valence electrons. The minimum atomic E-state index is -0.694. The second-order valence-electron chi connectivity index (χ2n) is 6.55. The molecule has 2 aromatic carbocycles. The van der Waals surface area contributed by atoms with Gasteiger partial charge in [-0.1, -0.05) is 6.07 Å². The van der Waals surface area contributed by atoms with Gasteiger partial charge < -0.3 is 10.2 Å². The van der Waals surface area contributed by atoms with Crippen molar-refractivity contribution in [2.75, 3.05) is 6.26 Å². The van der Waals surface area contributed by atoms with Crippen LogP contribution in [0.5, 0.6) is 11.6 Å². The van der Waals surface area contributed by atoms with Crippen molar-refractivity contribution in [2.45, 2.75) is 12.2 Å². The molecule has 0 bridgehead atoms. The molecular formula is C21H17F2N3O2S. The van der Waals surface area contributed by atoms with Crippen LogP contribution >= 0.6 is 11.8 Å². The fraction of sp³-hybridized carbons (Fsp3) is 0.143. The SMILES string of the molecule is CS[C@H](c1ccc(F)cc1F)c1nc2c(C)nc(-c3ccc(O)cc3)cn2c1O. The van der Waals surface area contributed by atoms with Crippen molar-refractivity contribution in [3.63, 3.8) is 0 Å². The first kappa shape index (κ1) is 19.2. The Labute approximate surface area is 169 Å². The lowest BCUT2D eigenvalue weighted by Gasteiger charge is -2.13. The molecule has 29 heavy (non-hydrogen) atoms. The van der Waals surface area contributed by atoms with E-state index in [2.05, 4.69) is 9.97 Å². The van der Waals surface area contributed by atoms with E-state index >= 15 is 0 Å². The maximum absolute atomic E-state index is 14.4. The zero-order chi connectivity index (χ0) is 20.7. The normalized spacial score (nSPS) is 12.4. The van der Waals surface area contributed by atoms with Crippen LogP contribution in [0.1, 0.15) is 22.2 Å². The maximum Gasteiger partial charge on any atom is 0.220 e. The van der Waals surface area contributed by atoms with Crippen LogP contribution in [-0.2, 0) is 0 Å². The average molecular weight is 413 g/mol. The number of nitrogens with zero attached hydrogens (tertiary/aromatic N) is 3. The van der Waals surface area contributed by atoms with E-state index in [0.717, 1.165) is 11.6 Å². The summed E-state index contributed by atoms with van der Waals surface area (Å²) in [6, 6.07) is 9.91. The molecule has 8 heteroatoms. The largest absolute Gasteiger partial charge is 0.508 e. The summed E-state index contributed by atoms with van der Waals surface area (Å²) in [4.78, 5) is 9.04. The summed E-state index contributed by atoms with van der Waals surface area (Å²) < 4.78 is 29.2. The third-order valence-corrected chi connectivity index (χ3v) is 5.62. The molecule has 4 aromatic rings. The molecule has 0 aliphatic heterocycles. The standard InChI is InChI=1S/C21H17F2N3O2S/c1-11-20-25-18(19(29-2)15-8-5-13(22)9-16(15)23)21(28)26(20)10-17(24-11)12-3-6-14(27)7-4-12/h3-10,19,27-28H,1-2H3/t19-/m1/s1. The van der Waals surface area contributed by atoms with Gasteiger partial charge in [-0.05, 0) is 43.5 Å². The molecule has 0 saturated heterocycles. The Hall–Kier alpha value is -3.13. The van der Waals surface area contributed by atoms with E-state index in [1.807, 2.05) is 0 Å². The van der Waals surface area contributed by atoms with Crippen LogP contribution in [0.4, 0.5) is 8.78 Å². The van der Waals surface area contributed by atoms with Crippen LogP contribution < -0.4 is 0 Å². The predicted octanol–water partition coefficient (Wildman–Crippen LogP) is 4.85. The Balaban J connectivity index is 1.86. The first-order valence-corrected chi connectivity index (χ1v) is 10.0. The quantitative estimate of drug-likeness (QED) is 0.501. The highest BCUT2D eigenvalue weighted by atomic mass is 32.2. The van der Waals surface area contributed by atoms with E-state index in [9.17, 15) is 19.0 Å². The Morgan fingerprint density at radius 2 is 1.76 bits per heavy atom. The highest BCUT2D eigenvalue weighted by molar-refractivity contribution is 7.99. The van der Waals surface area contributed by atoms with Crippen molar-refractivity contribution in [2.24, 2.45) is 0 Å². The second kappa shape index (κ2) is 7.36. The number of rotatable bonds is 4. The zero-order valence-corrected chi connectivity index (χ0v) is 16.4.